The predicted octanol–water partition coefficient (Wildman–Crippen LogP) is 3.99. The summed E-state index contributed by atoms with van der Waals surface area (Å²) in [6.07, 6.45) is 11.7. The van der Waals surface area contributed by atoms with Gasteiger partial charge in [0.1, 0.15) is 11.0 Å². The average Bonchev–Trinajstić information content (AvgIpc) is 3.10. The first kappa shape index (κ1) is 26.9. The molecule has 1 heterocycles. The number of nitrogens with one attached hydrogen (secondary N) is 1. The molecule has 180 valence electrons. The van der Waals surface area contributed by atoms with Crippen LogP contribution in [0.3, 0.4) is 0 Å². The minimum Gasteiger partial charge on any atom is -0.469 e. The van der Waals surface area contributed by atoms with Gasteiger partial charge in [-0.15, -0.1) is 0 Å². The number of nitrogens with zero attached hydrogens (tertiary/aromatic N) is 1. The van der Waals surface area contributed by atoms with Gasteiger partial charge in [-0.2, -0.15) is 0 Å². The van der Waals surface area contributed by atoms with Gasteiger partial charge in [-0.25, -0.2) is 4.21 Å². The molecule has 0 spiro atoms. The number of carbonyl (C=O) groups is 2. The molecule has 0 saturated carbocycles. The molecule has 34 heavy (non-hydrogen) atoms. The SMILES string of the molecule is CO.COC(=O)CCC1=CC=CC(S(=O)Nc2ccc(C)cc2C(=O)c2ccnc(C)c2)C=C1. The zero-order chi connectivity index (χ0) is 25.1. The lowest BCUT2D eigenvalue weighted by atomic mass is 10.0. The van der Waals surface area contributed by atoms with Crippen molar-refractivity contribution in [1.82, 2.24) is 4.98 Å². The van der Waals surface area contributed by atoms with Gasteiger partial charge in [-0.05, 0) is 50.1 Å². The Morgan fingerprint density at radius 1 is 1.15 bits per heavy atom. The molecule has 0 radical (unpaired) electrons. The lowest BCUT2D eigenvalue weighted by molar-refractivity contribution is -0.140. The van der Waals surface area contributed by atoms with Crippen LogP contribution in [0.25, 0.3) is 0 Å². The lowest BCUT2D eigenvalue weighted by Crippen LogP contribution is -2.19. The molecule has 0 bridgehead atoms. The van der Waals surface area contributed by atoms with Gasteiger partial charge >= 0.3 is 5.97 Å². The molecule has 3 rings (SSSR count). The molecular formula is C26H30N2O5S. The van der Waals surface area contributed by atoms with Crippen LogP contribution in [-0.2, 0) is 20.5 Å². The average molecular weight is 483 g/mol. The summed E-state index contributed by atoms with van der Waals surface area (Å²) in [5.74, 6) is -0.423. The fourth-order valence-electron chi connectivity index (χ4n) is 3.24. The molecular weight excluding hydrogens is 452 g/mol. The van der Waals surface area contributed by atoms with Crippen molar-refractivity contribution in [1.29, 1.82) is 0 Å². The Morgan fingerprint density at radius 3 is 2.62 bits per heavy atom. The number of aliphatic hydroxyl groups is 1. The Hall–Kier alpha value is -3.36. The Balaban J connectivity index is 0.00000199. The molecule has 1 aliphatic rings. The minimum atomic E-state index is -1.51. The first-order valence-corrected chi connectivity index (χ1v) is 11.9. The van der Waals surface area contributed by atoms with E-state index in [2.05, 4.69) is 14.4 Å². The Bertz CT molecular complexity index is 1140. The maximum absolute atomic E-state index is 13.1. The van der Waals surface area contributed by atoms with E-state index in [1.54, 1.807) is 30.5 Å². The van der Waals surface area contributed by atoms with Crippen molar-refractivity contribution >= 4 is 28.4 Å². The van der Waals surface area contributed by atoms with E-state index < -0.39 is 16.2 Å². The summed E-state index contributed by atoms with van der Waals surface area (Å²) >= 11 is 0. The summed E-state index contributed by atoms with van der Waals surface area (Å²) in [6.45, 7) is 3.74. The monoisotopic (exact) mass is 482 g/mol. The van der Waals surface area contributed by atoms with Crippen LogP contribution in [0.1, 0.15) is 40.0 Å². The van der Waals surface area contributed by atoms with Gasteiger partial charge in [0, 0.05) is 36.5 Å². The molecule has 2 atom stereocenters. The number of allylic oxidation sites excluding steroid dienone is 4. The van der Waals surface area contributed by atoms with Crippen molar-refractivity contribution in [3.63, 3.8) is 0 Å². The maximum Gasteiger partial charge on any atom is 0.305 e. The molecule has 7 nitrogen and oxygen atoms in total. The molecule has 2 N–H and O–H groups in total. The molecule has 2 aromatic rings. The summed E-state index contributed by atoms with van der Waals surface area (Å²) < 4.78 is 20.8. The molecule has 8 heteroatoms. The number of pyridine rings is 1. The Kier molecular flexibility index (Phi) is 10.6. The quantitative estimate of drug-likeness (QED) is 0.435. The largest absolute Gasteiger partial charge is 0.469 e. The molecule has 0 saturated heterocycles. The summed E-state index contributed by atoms with van der Waals surface area (Å²) in [6, 6.07) is 8.86. The number of carbonyl (C=O) groups excluding carboxylic acids is 2. The fraction of sp³-hybridized carbons (Fsp3) is 0.269. The maximum atomic E-state index is 13.1. The van der Waals surface area contributed by atoms with E-state index in [1.807, 2.05) is 50.3 Å². The van der Waals surface area contributed by atoms with Gasteiger partial charge in [0.05, 0.1) is 18.0 Å². The van der Waals surface area contributed by atoms with E-state index in [4.69, 9.17) is 5.11 Å². The summed E-state index contributed by atoms with van der Waals surface area (Å²) in [4.78, 5) is 28.7. The summed E-state index contributed by atoms with van der Waals surface area (Å²) in [5, 5.41) is 6.61. The van der Waals surface area contributed by atoms with Crippen LogP contribution in [0.15, 0.2) is 72.5 Å². The van der Waals surface area contributed by atoms with Crippen LogP contribution in [0.4, 0.5) is 5.69 Å². The smallest absolute Gasteiger partial charge is 0.305 e. The first-order chi connectivity index (χ1) is 16.4. The second-order valence-electron chi connectivity index (χ2n) is 7.49. The number of ketones is 1. The lowest BCUT2D eigenvalue weighted by Gasteiger charge is -2.14. The molecule has 1 aromatic carbocycles. The van der Waals surface area contributed by atoms with Crippen LogP contribution in [0.2, 0.25) is 0 Å². The Morgan fingerprint density at radius 2 is 1.91 bits per heavy atom. The molecule has 0 amide bonds. The topological polar surface area (TPSA) is 106 Å². The number of hydrogen-bond donors (Lipinski definition) is 2. The van der Waals surface area contributed by atoms with Crippen molar-refractivity contribution in [2.24, 2.45) is 0 Å². The molecule has 1 aliphatic carbocycles. The Labute approximate surface area is 202 Å². The zero-order valence-electron chi connectivity index (χ0n) is 19.8. The van der Waals surface area contributed by atoms with Crippen LogP contribution in [0, 0.1) is 13.8 Å². The molecule has 2 unspecified atom stereocenters. The number of esters is 1. The highest BCUT2D eigenvalue weighted by Crippen LogP contribution is 2.23. The number of aliphatic hydroxyl groups excluding tert-OH is 1. The third kappa shape index (κ3) is 7.60. The van der Waals surface area contributed by atoms with E-state index in [9.17, 15) is 13.8 Å². The van der Waals surface area contributed by atoms with Crippen molar-refractivity contribution in [3.05, 3.63) is 94.9 Å². The highest BCUT2D eigenvalue weighted by molar-refractivity contribution is 7.87. The second kappa shape index (κ2) is 13.4. The van der Waals surface area contributed by atoms with Gasteiger partial charge in [-0.3, -0.25) is 14.6 Å². The van der Waals surface area contributed by atoms with Crippen LogP contribution < -0.4 is 4.72 Å². The number of ether oxygens (including phenoxy) is 1. The zero-order valence-corrected chi connectivity index (χ0v) is 20.6. The van der Waals surface area contributed by atoms with E-state index in [-0.39, 0.29) is 18.2 Å². The molecule has 1 aromatic heterocycles. The van der Waals surface area contributed by atoms with Crippen LogP contribution in [-0.4, -0.2) is 45.5 Å². The molecule has 0 aliphatic heterocycles. The van der Waals surface area contributed by atoms with Gasteiger partial charge in [0.15, 0.2) is 5.78 Å². The van der Waals surface area contributed by atoms with E-state index in [1.165, 1.54) is 7.11 Å². The molecule has 0 fully saturated rings. The summed E-state index contributed by atoms with van der Waals surface area (Å²) in [5.41, 5.74) is 4.15. The van der Waals surface area contributed by atoms with Crippen molar-refractivity contribution in [2.75, 3.05) is 18.9 Å². The van der Waals surface area contributed by atoms with Crippen molar-refractivity contribution in [3.8, 4) is 0 Å². The third-order valence-corrected chi connectivity index (χ3v) is 6.22. The van der Waals surface area contributed by atoms with Crippen LogP contribution in [0.5, 0.6) is 0 Å². The minimum absolute atomic E-state index is 0.155. The van der Waals surface area contributed by atoms with Crippen molar-refractivity contribution in [2.45, 2.75) is 31.9 Å². The number of methoxy groups -OCH3 is 1. The number of aromatic nitrogens is 1. The number of anilines is 1. The van der Waals surface area contributed by atoms with E-state index in [0.717, 1.165) is 23.9 Å². The standard InChI is InChI=1S/C25H26N2O4S.CH4O/c1-17-7-11-23(22(15-17)25(29)20-13-14-26-18(2)16-20)27-32(30)21-6-4-5-19(8-10-21)9-12-24(28)31-3;1-2/h4-8,10-11,13-16,21,27H,9,12H2,1-3H3;2H,1H3. The van der Waals surface area contributed by atoms with Gasteiger partial charge < -0.3 is 14.6 Å². The van der Waals surface area contributed by atoms with Gasteiger partial charge in [-0.1, -0.05) is 42.0 Å². The van der Waals surface area contributed by atoms with Gasteiger partial charge in [0.25, 0.3) is 0 Å². The number of hydrogen-bond acceptors (Lipinski definition) is 6. The fourth-order valence-corrected chi connectivity index (χ4v) is 4.22. The van der Waals surface area contributed by atoms with E-state index in [0.29, 0.717) is 23.2 Å². The van der Waals surface area contributed by atoms with Gasteiger partial charge in [0.2, 0.25) is 0 Å². The number of rotatable bonds is 8. The number of benzene rings is 1. The number of aryl methyl sites for hydroxylation is 2. The highest BCUT2D eigenvalue weighted by atomic mass is 32.2. The third-order valence-electron chi connectivity index (χ3n) is 4.99. The first-order valence-electron chi connectivity index (χ1n) is 10.7. The second-order valence-corrected chi connectivity index (χ2v) is 8.83. The van der Waals surface area contributed by atoms with Crippen molar-refractivity contribution < 1.29 is 23.6 Å². The normalized spacial score (nSPS) is 15.3. The summed E-state index contributed by atoms with van der Waals surface area (Å²) in [7, 11) is 0.860. The van der Waals surface area contributed by atoms with Crippen LogP contribution >= 0.6 is 0 Å². The highest BCUT2D eigenvalue weighted by Gasteiger charge is 2.18. The predicted molar refractivity (Wildman–Crippen MR) is 135 cm³/mol. The van der Waals surface area contributed by atoms with E-state index >= 15 is 0 Å².